The van der Waals surface area contributed by atoms with Crippen molar-refractivity contribution < 1.29 is 9.53 Å². The van der Waals surface area contributed by atoms with Gasteiger partial charge in [-0.15, -0.1) is 28.8 Å². The van der Waals surface area contributed by atoms with Gasteiger partial charge < -0.3 is 15.4 Å². The Kier molecular flexibility index (Phi) is 6.74. The van der Waals surface area contributed by atoms with Crippen LogP contribution in [-0.2, 0) is 23.8 Å². The van der Waals surface area contributed by atoms with Gasteiger partial charge >= 0.3 is 0 Å². The van der Waals surface area contributed by atoms with Gasteiger partial charge in [-0.25, -0.2) is 4.68 Å². The number of nitrogens with zero attached hydrogens (tertiary/aromatic N) is 4. The minimum absolute atomic E-state index is 0. The first-order chi connectivity index (χ1) is 12.7. The van der Waals surface area contributed by atoms with Gasteiger partial charge in [0.25, 0.3) is 5.91 Å². The van der Waals surface area contributed by atoms with Crippen molar-refractivity contribution in [1.82, 2.24) is 30.8 Å². The number of nitrogens with one attached hydrogen (secondary N) is 2. The van der Waals surface area contributed by atoms with Crippen LogP contribution >= 0.6 is 35.5 Å². The van der Waals surface area contributed by atoms with E-state index in [0.717, 1.165) is 54.7 Å². The van der Waals surface area contributed by atoms with E-state index >= 15 is 0 Å². The van der Waals surface area contributed by atoms with Crippen molar-refractivity contribution in [2.24, 2.45) is 7.05 Å². The maximum atomic E-state index is 12.6. The molecule has 0 bridgehead atoms. The van der Waals surface area contributed by atoms with Crippen LogP contribution in [0.4, 0.5) is 0 Å². The summed E-state index contributed by atoms with van der Waals surface area (Å²) in [5, 5.41) is 18.4. The fourth-order valence-corrected chi connectivity index (χ4v) is 5.36. The molecule has 2 aliphatic heterocycles. The molecule has 11 heteroatoms. The van der Waals surface area contributed by atoms with Crippen molar-refractivity contribution in [3.8, 4) is 0 Å². The van der Waals surface area contributed by atoms with E-state index in [9.17, 15) is 4.79 Å². The van der Waals surface area contributed by atoms with Gasteiger partial charge in [0.2, 0.25) is 5.16 Å². The van der Waals surface area contributed by atoms with Crippen LogP contribution in [0.5, 0.6) is 0 Å². The van der Waals surface area contributed by atoms with Crippen LogP contribution in [0.25, 0.3) is 0 Å². The fraction of sp³-hybridized carbons (Fsp3) is 0.625. The number of amides is 1. The first kappa shape index (κ1) is 20.5. The van der Waals surface area contributed by atoms with Crippen LogP contribution in [0.15, 0.2) is 11.2 Å². The Balaban J connectivity index is 0.00000210. The summed E-state index contributed by atoms with van der Waals surface area (Å²) in [6, 6.07) is 2.06. The fourth-order valence-electron chi connectivity index (χ4n) is 3.51. The third-order valence-electron chi connectivity index (χ3n) is 4.84. The van der Waals surface area contributed by atoms with Crippen molar-refractivity contribution in [2.45, 2.75) is 30.0 Å². The van der Waals surface area contributed by atoms with Crippen LogP contribution in [0.1, 0.15) is 33.0 Å². The number of thiophene rings is 1. The molecule has 2 aromatic heterocycles. The number of carbonyl (C=O) groups is 1. The molecular weight excluding hydrogens is 408 g/mol. The molecule has 0 unspecified atom stereocenters. The monoisotopic (exact) mass is 430 g/mol. The Morgan fingerprint density at radius 2 is 2.30 bits per heavy atom. The van der Waals surface area contributed by atoms with E-state index in [1.807, 2.05) is 0 Å². The summed E-state index contributed by atoms with van der Waals surface area (Å²) in [4.78, 5) is 14.6. The number of carbonyl (C=O) groups excluding carboxylic acids is 1. The predicted octanol–water partition coefficient (Wildman–Crippen LogP) is 1.37. The highest BCUT2D eigenvalue weighted by Gasteiger charge is 2.40. The molecule has 2 aromatic rings. The summed E-state index contributed by atoms with van der Waals surface area (Å²) in [6.07, 6.45) is 2.85. The smallest absolute Gasteiger partial charge is 0.261 e. The Bertz CT molecular complexity index is 790. The van der Waals surface area contributed by atoms with Crippen molar-refractivity contribution in [3.63, 3.8) is 0 Å². The van der Waals surface area contributed by atoms with Gasteiger partial charge in [0.05, 0.1) is 17.1 Å². The number of thioether (sulfide) groups is 1. The van der Waals surface area contributed by atoms with E-state index in [1.165, 1.54) is 22.2 Å². The van der Waals surface area contributed by atoms with Crippen molar-refractivity contribution >= 4 is 41.4 Å². The topological polar surface area (TPSA) is 94.0 Å². The minimum Gasteiger partial charge on any atom is -0.370 e. The number of aromatic nitrogens is 4. The van der Waals surface area contributed by atoms with Gasteiger partial charge in [-0.2, -0.15) is 0 Å². The highest BCUT2D eigenvalue weighted by atomic mass is 35.5. The van der Waals surface area contributed by atoms with Gasteiger partial charge in [-0.05, 0) is 48.0 Å². The lowest BCUT2D eigenvalue weighted by Gasteiger charge is -2.40. The second kappa shape index (κ2) is 8.87. The zero-order valence-corrected chi connectivity index (χ0v) is 17.5. The van der Waals surface area contributed by atoms with E-state index in [0.29, 0.717) is 6.54 Å². The summed E-state index contributed by atoms with van der Waals surface area (Å²) in [7, 11) is 1.80. The number of hydrogen-bond acceptors (Lipinski definition) is 8. The lowest BCUT2D eigenvalue weighted by Crippen LogP contribution is -2.44. The quantitative estimate of drug-likeness (QED) is 0.546. The molecule has 4 rings (SSSR count). The van der Waals surface area contributed by atoms with E-state index < -0.39 is 0 Å². The standard InChI is InChI=1S/C16H22N6O2S2.ClH/c1-22-15(19-20-21-22)25-9-7-18-14(23)13-10-11-12(26-13)2-8-24-16(11)3-5-17-6-4-16;/h10,17H,2-9H2,1H3,(H,18,23);1H. The molecule has 2 aliphatic rings. The van der Waals surface area contributed by atoms with Crippen LogP contribution in [0, 0.1) is 0 Å². The number of piperidine rings is 1. The second-order valence-corrected chi connectivity index (χ2v) is 8.68. The number of rotatable bonds is 5. The summed E-state index contributed by atoms with van der Waals surface area (Å²) in [5.41, 5.74) is 1.04. The molecule has 4 heterocycles. The van der Waals surface area contributed by atoms with Crippen LogP contribution in [0.3, 0.4) is 0 Å². The molecule has 1 fully saturated rings. The first-order valence-corrected chi connectivity index (χ1v) is 10.6. The van der Waals surface area contributed by atoms with Crippen LogP contribution in [0.2, 0.25) is 0 Å². The molecule has 8 nitrogen and oxygen atoms in total. The summed E-state index contributed by atoms with van der Waals surface area (Å²) >= 11 is 3.14. The predicted molar refractivity (Wildman–Crippen MR) is 107 cm³/mol. The van der Waals surface area contributed by atoms with Crippen molar-refractivity contribution in [3.05, 3.63) is 21.4 Å². The third-order valence-corrected chi connectivity index (χ3v) is 7.05. The number of hydrogen-bond donors (Lipinski definition) is 2. The largest absolute Gasteiger partial charge is 0.370 e. The molecule has 0 aliphatic carbocycles. The SMILES string of the molecule is Cl.Cn1nnnc1SCCNC(=O)c1cc2c(s1)CCOC21CCNCC1. The van der Waals surface area contributed by atoms with E-state index in [1.54, 1.807) is 23.1 Å². The van der Waals surface area contributed by atoms with E-state index in [2.05, 4.69) is 32.2 Å². The van der Waals surface area contributed by atoms with E-state index in [-0.39, 0.29) is 23.9 Å². The molecule has 1 saturated heterocycles. The first-order valence-electron chi connectivity index (χ1n) is 8.79. The van der Waals surface area contributed by atoms with Crippen molar-refractivity contribution in [2.75, 3.05) is 32.0 Å². The third kappa shape index (κ3) is 4.29. The Morgan fingerprint density at radius 3 is 3.04 bits per heavy atom. The Morgan fingerprint density at radius 1 is 1.48 bits per heavy atom. The van der Waals surface area contributed by atoms with Gasteiger partial charge in [0.15, 0.2) is 0 Å². The highest BCUT2D eigenvalue weighted by Crippen LogP contribution is 2.43. The molecule has 27 heavy (non-hydrogen) atoms. The van der Waals surface area contributed by atoms with E-state index in [4.69, 9.17) is 4.74 Å². The molecule has 0 radical (unpaired) electrons. The van der Waals surface area contributed by atoms with Gasteiger partial charge in [-0.3, -0.25) is 4.79 Å². The lowest BCUT2D eigenvalue weighted by molar-refractivity contribution is -0.0792. The molecule has 148 valence electrons. The normalized spacial score (nSPS) is 18.0. The number of halogens is 1. The number of aryl methyl sites for hydroxylation is 1. The van der Waals surface area contributed by atoms with Crippen LogP contribution in [-0.4, -0.2) is 58.1 Å². The summed E-state index contributed by atoms with van der Waals surface area (Å²) < 4.78 is 7.81. The Labute approximate surface area is 172 Å². The molecule has 1 spiro atoms. The lowest BCUT2D eigenvalue weighted by atomic mass is 9.83. The minimum atomic E-state index is -0.193. The number of fused-ring (bicyclic) bond motifs is 2. The molecule has 0 aromatic carbocycles. The molecular formula is C16H23ClN6O2S2. The zero-order valence-electron chi connectivity index (χ0n) is 15.1. The number of tetrazole rings is 1. The molecule has 2 N–H and O–H groups in total. The average Bonchev–Trinajstić information content (AvgIpc) is 3.27. The van der Waals surface area contributed by atoms with Gasteiger partial charge in [0.1, 0.15) is 0 Å². The summed E-state index contributed by atoms with van der Waals surface area (Å²) in [5.74, 6) is 0.717. The summed E-state index contributed by atoms with van der Waals surface area (Å²) in [6.45, 7) is 3.25. The maximum Gasteiger partial charge on any atom is 0.261 e. The zero-order chi connectivity index (χ0) is 18.0. The number of ether oxygens (including phenoxy) is 1. The molecule has 1 amide bonds. The molecule has 0 atom stereocenters. The highest BCUT2D eigenvalue weighted by molar-refractivity contribution is 7.99. The van der Waals surface area contributed by atoms with Crippen LogP contribution < -0.4 is 10.6 Å². The van der Waals surface area contributed by atoms with Crippen molar-refractivity contribution in [1.29, 1.82) is 0 Å². The maximum absolute atomic E-state index is 12.6. The molecule has 0 saturated carbocycles. The Hall–Kier alpha value is -1.20. The van der Waals surface area contributed by atoms with Gasteiger partial charge in [-0.1, -0.05) is 11.8 Å². The van der Waals surface area contributed by atoms with Gasteiger partial charge in [0, 0.05) is 30.6 Å². The second-order valence-electron chi connectivity index (χ2n) is 6.48. The average molecular weight is 431 g/mol.